The van der Waals surface area contributed by atoms with E-state index in [1.807, 2.05) is 24.3 Å². The molecular formula is C27H21ClFNO5. The van der Waals surface area contributed by atoms with E-state index in [9.17, 15) is 14.0 Å². The van der Waals surface area contributed by atoms with Gasteiger partial charge >= 0.3 is 5.97 Å². The zero-order chi connectivity index (χ0) is 24.5. The van der Waals surface area contributed by atoms with E-state index in [4.69, 9.17) is 25.8 Å². The molecule has 178 valence electrons. The van der Waals surface area contributed by atoms with E-state index in [0.29, 0.717) is 40.1 Å². The Morgan fingerprint density at radius 2 is 1.89 bits per heavy atom. The topological polar surface area (TPSA) is 65.1 Å². The number of esters is 1. The normalized spacial score (nSPS) is 17.3. The maximum Gasteiger partial charge on any atom is 0.336 e. The second-order valence-corrected chi connectivity index (χ2v) is 8.67. The maximum atomic E-state index is 13.8. The number of rotatable bonds is 6. The van der Waals surface area contributed by atoms with Gasteiger partial charge in [0.05, 0.1) is 24.1 Å². The third-order valence-electron chi connectivity index (χ3n) is 6.06. The molecule has 0 radical (unpaired) electrons. The van der Waals surface area contributed by atoms with Gasteiger partial charge in [0, 0.05) is 17.4 Å². The van der Waals surface area contributed by atoms with Crippen molar-refractivity contribution in [2.24, 2.45) is 0 Å². The summed E-state index contributed by atoms with van der Waals surface area (Å²) >= 11 is 6.05. The van der Waals surface area contributed by atoms with Crippen LogP contribution in [-0.4, -0.2) is 25.6 Å². The summed E-state index contributed by atoms with van der Waals surface area (Å²) in [5.41, 5.74) is 2.81. The lowest BCUT2D eigenvalue weighted by molar-refractivity contribution is -0.136. The van der Waals surface area contributed by atoms with Crippen LogP contribution in [0.2, 0.25) is 5.02 Å². The van der Waals surface area contributed by atoms with Crippen LogP contribution in [0, 0.1) is 5.82 Å². The average Bonchev–Trinajstić information content (AvgIpc) is 3.23. The highest BCUT2D eigenvalue weighted by Gasteiger charge is 2.43. The smallest absolute Gasteiger partial charge is 0.336 e. The molecule has 1 amide bonds. The molecule has 6 nitrogen and oxygen atoms in total. The number of nitrogens with zero attached hydrogens (tertiary/aromatic N) is 1. The summed E-state index contributed by atoms with van der Waals surface area (Å²) in [5.74, 6) is -0.742. The van der Waals surface area contributed by atoms with Gasteiger partial charge in [0.25, 0.3) is 0 Å². The Hall–Kier alpha value is -3.84. The molecule has 5 rings (SSSR count). The molecule has 8 heteroatoms. The minimum Gasteiger partial charge on any atom is -0.493 e. The van der Waals surface area contributed by atoms with Crippen LogP contribution in [-0.2, 0) is 20.9 Å². The predicted molar refractivity (Wildman–Crippen MR) is 128 cm³/mol. The Morgan fingerprint density at radius 1 is 1.06 bits per heavy atom. The maximum absolute atomic E-state index is 13.8. The molecule has 0 fully saturated rings. The van der Waals surface area contributed by atoms with E-state index in [2.05, 4.69) is 0 Å². The van der Waals surface area contributed by atoms with Gasteiger partial charge in [0.1, 0.15) is 19.0 Å². The number of benzene rings is 3. The van der Waals surface area contributed by atoms with Crippen LogP contribution < -0.4 is 14.4 Å². The Kier molecular flexibility index (Phi) is 6.17. The third-order valence-corrected chi connectivity index (χ3v) is 6.29. The number of ether oxygens (including phenoxy) is 3. The molecule has 0 saturated carbocycles. The Balaban J connectivity index is 1.46. The second kappa shape index (κ2) is 9.43. The van der Waals surface area contributed by atoms with Crippen LogP contribution in [0.3, 0.4) is 0 Å². The van der Waals surface area contributed by atoms with Gasteiger partial charge < -0.3 is 14.2 Å². The number of hydrogen-bond acceptors (Lipinski definition) is 5. The molecule has 0 aromatic heterocycles. The van der Waals surface area contributed by atoms with Gasteiger partial charge in [-0.25, -0.2) is 9.18 Å². The number of methoxy groups -OCH3 is 1. The number of halogens is 2. The first-order valence-electron chi connectivity index (χ1n) is 11.0. The average molecular weight is 494 g/mol. The van der Waals surface area contributed by atoms with Gasteiger partial charge in [0.15, 0.2) is 11.5 Å². The molecule has 2 heterocycles. The molecule has 0 spiro atoms. The first kappa shape index (κ1) is 22.9. The Morgan fingerprint density at radius 3 is 2.66 bits per heavy atom. The second-order valence-electron chi connectivity index (χ2n) is 8.23. The fourth-order valence-electron chi connectivity index (χ4n) is 4.46. The Labute approximate surface area is 206 Å². The number of cyclic esters (lactones) is 1. The first-order chi connectivity index (χ1) is 16.9. The minimum atomic E-state index is -0.520. The number of carbonyl (C=O) groups excluding carboxylic acids is 2. The molecule has 3 aromatic carbocycles. The zero-order valence-electron chi connectivity index (χ0n) is 18.8. The molecule has 3 aromatic rings. The van der Waals surface area contributed by atoms with E-state index in [0.717, 1.165) is 11.1 Å². The minimum absolute atomic E-state index is 0.0241. The monoisotopic (exact) mass is 493 g/mol. The van der Waals surface area contributed by atoms with Gasteiger partial charge in [-0.3, -0.25) is 9.69 Å². The Bertz CT molecular complexity index is 1350. The lowest BCUT2D eigenvalue weighted by Gasteiger charge is -2.32. The van der Waals surface area contributed by atoms with E-state index >= 15 is 0 Å². The summed E-state index contributed by atoms with van der Waals surface area (Å²) in [6.07, 6.45) is 0.0241. The number of carbonyl (C=O) groups is 2. The van der Waals surface area contributed by atoms with Gasteiger partial charge in [-0.15, -0.1) is 0 Å². The summed E-state index contributed by atoms with van der Waals surface area (Å²) in [6.45, 7) is 0.243. The SMILES string of the molecule is COc1cc(C2CC(=O)N(c3cccc(F)c3)C3=C2C(=O)OC3)ccc1OCc1cccc(Cl)c1. The molecule has 0 saturated heterocycles. The first-order valence-corrected chi connectivity index (χ1v) is 11.4. The van der Waals surface area contributed by atoms with E-state index in [1.54, 1.807) is 24.3 Å². The van der Waals surface area contributed by atoms with Crippen LogP contribution in [0.4, 0.5) is 10.1 Å². The van der Waals surface area contributed by atoms with Gasteiger partial charge in [-0.2, -0.15) is 0 Å². The van der Waals surface area contributed by atoms with Crippen molar-refractivity contribution in [2.45, 2.75) is 18.9 Å². The summed E-state index contributed by atoms with van der Waals surface area (Å²) in [6, 6.07) is 18.4. The largest absolute Gasteiger partial charge is 0.493 e. The van der Waals surface area contributed by atoms with E-state index in [-0.39, 0.29) is 18.9 Å². The van der Waals surface area contributed by atoms with Crippen molar-refractivity contribution in [3.63, 3.8) is 0 Å². The molecule has 0 N–H and O–H groups in total. The van der Waals surface area contributed by atoms with Crippen molar-refractivity contribution >= 4 is 29.2 Å². The zero-order valence-corrected chi connectivity index (χ0v) is 19.5. The summed E-state index contributed by atoms with van der Waals surface area (Å²) in [7, 11) is 1.53. The van der Waals surface area contributed by atoms with E-state index < -0.39 is 17.7 Å². The highest BCUT2D eigenvalue weighted by atomic mass is 35.5. The fourth-order valence-corrected chi connectivity index (χ4v) is 4.67. The van der Waals surface area contributed by atoms with Crippen LogP contribution in [0.1, 0.15) is 23.5 Å². The third kappa shape index (κ3) is 4.47. The van der Waals surface area contributed by atoms with E-state index in [1.165, 1.54) is 30.2 Å². The number of amides is 1. The molecule has 2 aliphatic heterocycles. The van der Waals surface area contributed by atoms with Crippen molar-refractivity contribution in [2.75, 3.05) is 18.6 Å². The molecule has 35 heavy (non-hydrogen) atoms. The standard InChI is InChI=1S/C27H21ClFNO5/c1-33-24-11-17(8-9-23(24)34-14-16-4-2-5-18(28)10-16)21-13-25(31)30(20-7-3-6-19(29)12-20)22-15-35-27(32)26(21)22/h2-12,21H,13-15H2,1H3. The van der Waals surface area contributed by atoms with Crippen molar-refractivity contribution in [3.8, 4) is 11.5 Å². The van der Waals surface area contributed by atoms with Crippen molar-refractivity contribution in [3.05, 3.63) is 100.0 Å². The highest BCUT2D eigenvalue weighted by molar-refractivity contribution is 6.30. The van der Waals surface area contributed by atoms with Crippen LogP contribution >= 0.6 is 11.6 Å². The fraction of sp³-hybridized carbons (Fsp3) is 0.185. The summed E-state index contributed by atoms with van der Waals surface area (Å²) < 4.78 is 30.6. The summed E-state index contributed by atoms with van der Waals surface area (Å²) in [5, 5.41) is 0.621. The van der Waals surface area contributed by atoms with Crippen LogP contribution in [0.5, 0.6) is 11.5 Å². The van der Waals surface area contributed by atoms with Crippen LogP contribution in [0.15, 0.2) is 78.0 Å². The lowest BCUT2D eigenvalue weighted by atomic mass is 9.84. The summed E-state index contributed by atoms with van der Waals surface area (Å²) in [4.78, 5) is 27.2. The van der Waals surface area contributed by atoms with Gasteiger partial charge in [-0.1, -0.05) is 35.9 Å². The highest BCUT2D eigenvalue weighted by Crippen LogP contribution is 2.43. The molecule has 0 aliphatic carbocycles. The molecule has 0 bridgehead atoms. The van der Waals surface area contributed by atoms with Gasteiger partial charge in [-0.05, 0) is 53.6 Å². The molecule has 2 aliphatic rings. The molecule has 1 unspecified atom stereocenters. The van der Waals surface area contributed by atoms with Gasteiger partial charge in [0.2, 0.25) is 5.91 Å². The van der Waals surface area contributed by atoms with Crippen molar-refractivity contribution in [1.29, 1.82) is 0 Å². The lowest BCUT2D eigenvalue weighted by Crippen LogP contribution is -2.37. The molecule has 1 atom stereocenters. The quantitative estimate of drug-likeness (QED) is 0.430. The van der Waals surface area contributed by atoms with Crippen LogP contribution in [0.25, 0.3) is 0 Å². The molecular weight excluding hydrogens is 473 g/mol. The number of hydrogen-bond donors (Lipinski definition) is 0. The predicted octanol–water partition coefficient (Wildman–Crippen LogP) is 5.40. The van der Waals surface area contributed by atoms with Crippen molar-refractivity contribution < 1.29 is 28.2 Å². The number of anilines is 1. The van der Waals surface area contributed by atoms with Crippen molar-refractivity contribution in [1.82, 2.24) is 0 Å².